The molecule has 2 heterocycles. The molecule has 1 amide bonds. The summed E-state index contributed by atoms with van der Waals surface area (Å²) in [6.45, 7) is 10.3. The van der Waals surface area contributed by atoms with E-state index in [-0.39, 0.29) is 12.1 Å². The van der Waals surface area contributed by atoms with Crippen LogP contribution >= 0.6 is 0 Å². The summed E-state index contributed by atoms with van der Waals surface area (Å²) in [5, 5.41) is 7.19. The molecule has 0 saturated heterocycles. The third kappa shape index (κ3) is 4.79. The first-order valence-electron chi connectivity index (χ1n) is 9.89. The smallest absolute Gasteiger partial charge is 0.323 e. The Hall–Kier alpha value is -3.36. The van der Waals surface area contributed by atoms with E-state index in [1.807, 2.05) is 18.5 Å². The highest BCUT2D eigenvalue weighted by molar-refractivity contribution is 5.96. The quantitative estimate of drug-likeness (QED) is 0.514. The number of amides is 1. The Morgan fingerprint density at radius 2 is 1.87 bits per heavy atom. The number of aromatic nitrogens is 4. The van der Waals surface area contributed by atoms with Gasteiger partial charge in [0.05, 0.1) is 23.1 Å². The highest BCUT2D eigenvalue weighted by Crippen LogP contribution is 2.17. The molecule has 0 aliphatic rings. The maximum Gasteiger partial charge on any atom is 0.323 e. The second kappa shape index (κ2) is 8.56. The van der Waals surface area contributed by atoms with Gasteiger partial charge in [-0.25, -0.2) is 4.79 Å². The maximum absolute atomic E-state index is 12.4. The molecule has 0 radical (unpaired) electrons. The standard InChI is InChI=1S/C21H27N5O4/c1-11(2)10-26-13(4)16(12(3)25-26)9-19(27)30-14(5)20(28)22-15-6-7-17-18(8-15)24-21(29)23-17/h6-8,11,14H,9-10H2,1-5H3,(H,22,28)(H2,23,24,29). The molecule has 9 heteroatoms. The fourth-order valence-electron chi connectivity index (χ4n) is 3.30. The molecule has 1 atom stereocenters. The molecule has 3 N–H and O–H groups in total. The number of anilines is 1. The first kappa shape index (κ1) is 21.4. The molecule has 2 aromatic heterocycles. The first-order valence-corrected chi connectivity index (χ1v) is 9.89. The monoisotopic (exact) mass is 413 g/mol. The van der Waals surface area contributed by atoms with E-state index in [1.54, 1.807) is 18.2 Å². The molecule has 3 rings (SSSR count). The van der Waals surface area contributed by atoms with Crippen LogP contribution in [0.2, 0.25) is 0 Å². The number of rotatable bonds is 7. The third-order valence-corrected chi connectivity index (χ3v) is 4.85. The fourth-order valence-corrected chi connectivity index (χ4v) is 3.30. The zero-order chi connectivity index (χ0) is 22.0. The average Bonchev–Trinajstić information content (AvgIpc) is 3.14. The van der Waals surface area contributed by atoms with Gasteiger partial charge in [0.25, 0.3) is 5.91 Å². The van der Waals surface area contributed by atoms with Crippen molar-refractivity contribution in [3.8, 4) is 0 Å². The highest BCUT2D eigenvalue weighted by atomic mass is 16.5. The summed E-state index contributed by atoms with van der Waals surface area (Å²) < 4.78 is 7.23. The van der Waals surface area contributed by atoms with Gasteiger partial charge in [0.1, 0.15) is 0 Å². The van der Waals surface area contributed by atoms with Crippen LogP contribution in [0.15, 0.2) is 23.0 Å². The van der Waals surface area contributed by atoms with Crippen molar-refractivity contribution < 1.29 is 14.3 Å². The summed E-state index contributed by atoms with van der Waals surface area (Å²) in [4.78, 5) is 41.4. The Morgan fingerprint density at radius 1 is 1.17 bits per heavy atom. The second-order valence-corrected chi connectivity index (χ2v) is 7.86. The molecule has 0 spiro atoms. The fraction of sp³-hybridized carbons (Fsp3) is 0.429. The normalized spacial score (nSPS) is 12.3. The average molecular weight is 413 g/mol. The van der Waals surface area contributed by atoms with Crippen molar-refractivity contribution in [2.24, 2.45) is 5.92 Å². The number of esters is 1. The van der Waals surface area contributed by atoms with Crippen LogP contribution < -0.4 is 11.0 Å². The summed E-state index contributed by atoms with van der Waals surface area (Å²) in [5.74, 6) is -0.502. The van der Waals surface area contributed by atoms with Crippen LogP contribution in [0.25, 0.3) is 11.0 Å². The lowest BCUT2D eigenvalue weighted by Gasteiger charge is -2.14. The van der Waals surface area contributed by atoms with Gasteiger partial charge in [-0.15, -0.1) is 0 Å². The predicted octanol–water partition coefficient (Wildman–Crippen LogP) is 2.44. The summed E-state index contributed by atoms with van der Waals surface area (Å²) in [7, 11) is 0. The number of carbonyl (C=O) groups excluding carboxylic acids is 2. The van der Waals surface area contributed by atoms with Crippen LogP contribution in [0, 0.1) is 19.8 Å². The van der Waals surface area contributed by atoms with E-state index in [1.165, 1.54) is 6.92 Å². The number of hydrogen-bond donors (Lipinski definition) is 3. The maximum atomic E-state index is 12.4. The number of nitrogens with zero attached hydrogens (tertiary/aromatic N) is 2. The van der Waals surface area contributed by atoms with Crippen LogP contribution in [0.1, 0.15) is 37.7 Å². The van der Waals surface area contributed by atoms with Gasteiger partial charge in [0, 0.05) is 23.5 Å². The highest BCUT2D eigenvalue weighted by Gasteiger charge is 2.21. The number of aryl methyl sites for hydroxylation is 1. The Labute approximate surface area is 173 Å². The summed E-state index contributed by atoms with van der Waals surface area (Å²) in [6.07, 6.45) is -0.908. The minimum Gasteiger partial charge on any atom is -0.452 e. The summed E-state index contributed by atoms with van der Waals surface area (Å²) in [6, 6.07) is 4.98. The predicted molar refractivity (Wildman–Crippen MR) is 113 cm³/mol. The lowest BCUT2D eigenvalue weighted by atomic mass is 10.1. The van der Waals surface area contributed by atoms with Crippen molar-refractivity contribution in [3.63, 3.8) is 0 Å². The van der Waals surface area contributed by atoms with Gasteiger partial charge in [-0.05, 0) is 44.9 Å². The van der Waals surface area contributed by atoms with Crippen molar-refractivity contribution in [2.75, 3.05) is 5.32 Å². The molecule has 160 valence electrons. The van der Waals surface area contributed by atoms with Crippen molar-refractivity contribution in [1.29, 1.82) is 0 Å². The molecule has 30 heavy (non-hydrogen) atoms. The van der Waals surface area contributed by atoms with Crippen LogP contribution in [0.5, 0.6) is 0 Å². The van der Waals surface area contributed by atoms with E-state index in [4.69, 9.17) is 4.74 Å². The minimum atomic E-state index is -0.968. The molecule has 3 aromatic rings. The van der Waals surface area contributed by atoms with Crippen LogP contribution in [0.3, 0.4) is 0 Å². The summed E-state index contributed by atoms with van der Waals surface area (Å²) in [5.41, 5.74) is 3.94. The molecule has 0 saturated carbocycles. The zero-order valence-corrected chi connectivity index (χ0v) is 17.8. The molecule has 0 aliphatic heterocycles. The van der Waals surface area contributed by atoms with Gasteiger partial charge in [-0.2, -0.15) is 5.10 Å². The lowest BCUT2D eigenvalue weighted by Crippen LogP contribution is -2.30. The van der Waals surface area contributed by atoms with Crippen LogP contribution in [0.4, 0.5) is 5.69 Å². The minimum absolute atomic E-state index is 0.0595. The Bertz CT molecular complexity index is 1140. The van der Waals surface area contributed by atoms with E-state index in [0.717, 1.165) is 23.5 Å². The zero-order valence-electron chi connectivity index (χ0n) is 17.8. The molecular weight excluding hydrogens is 386 g/mol. The number of H-pyrrole nitrogens is 2. The lowest BCUT2D eigenvalue weighted by molar-refractivity contribution is -0.152. The number of carbonyl (C=O) groups is 2. The Morgan fingerprint density at radius 3 is 2.57 bits per heavy atom. The summed E-state index contributed by atoms with van der Waals surface area (Å²) >= 11 is 0. The largest absolute Gasteiger partial charge is 0.452 e. The SMILES string of the molecule is Cc1nn(CC(C)C)c(C)c1CC(=O)OC(C)C(=O)Nc1ccc2[nH]c(=O)[nH]c2c1. The number of fused-ring (bicyclic) bond motifs is 1. The Balaban J connectivity index is 1.61. The topological polar surface area (TPSA) is 122 Å². The van der Waals surface area contributed by atoms with E-state index < -0.39 is 18.0 Å². The number of benzene rings is 1. The van der Waals surface area contributed by atoms with Gasteiger partial charge in [0.15, 0.2) is 6.10 Å². The van der Waals surface area contributed by atoms with Crippen LogP contribution in [-0.4, -0.2) is 37.7 Å². The first-order chi connectivity index (χ1) is 14.1. The second-order valence-electron chi connectivity index (χ2n) is 7.86. The number of hydrogen-bond acceptors (Lipinski definition) is 5. The van der Waals surface area contributed by atoms with E-state index >= 15 is 0 Å². The van der Waals surface area contributed by atoms with Crippen molar-refractivity contribution in [3.05, 3.63) is 45.6 Å². The van der Waals surface area contributed by atoms with Crippen molar-refractivity contribution >= 4 is 28.6 Å². The van der Waals surface area contributed by atoms with Gasteiger partial charge in [-0.1, -0.05) is 13.8 Å². The van der Waals surface area contributed by atoms with Crippen molar-refractivity contribution in [1.82, 2.24) is 19.7 Å². The molecule has 1 unspecified atom stereocenters. The Kier molecular flexibility index (Phi) is 6.09. The van der Waals surface area contributed by atoms with E-state index in [2.05, 4.69) is 34.2 Å². The molecule has 0 fully saturated rings. The molecule has 0 bridgehead atoms. The number of aromatic amines is 2. The van der Waals surface area contributed by atoms with Gasteiger partial charge < -0.3 is 20.0 Å². The van der Waals surface area contributed by atoms with E-state index in [0.29, 0.717) is 22.6 Å². The third-order valence-electron chi connectivity index (χ3n) is 4.85. The van der Waals surface area contributed by atoms with Gasteiger partial charge in [0.2, 0.25) is 0 Å². The van der Waals surface area contributed by atoms with Gasteiger partial charge >= 0.3 is 11.7 Å². The molecular formula is C21H27N5O4. The number of imidazole rings is 1. The molecule has 9 nitrogen and oxygen atoms in total. The van der Waals surface area contributed by atoms with E-state index in [9.17, 15) is 14.4 Å². The van der Waals surface area contributed by atoms with Gasteiger partial charge in [-0.3, -0.25) is 14.3 Å². The molecule has 1 aromatic carbocycles. The number of ether oxygens (including phenoxy) is 1. The van der Waals surface area contributed by atoms with Crippen LogP contribution in [-0.2, 0) is 27.3 Å². The number of nitrogens with one attached hydrogen (secondary N) is 3. The molecule has 0 aliphatic carbocycles. The van der Waals surface area contributed by atoms with Crippen molar-refractivity contribution in [2.45, 2.75) is 53.7 Å².